The molecule has 2 aromatic heterocycles. The Balaban J connectivity index is 1.55. The van der Waals surface area contributed by atoms with E-state index in [1.807, 2.05) is 30.3 Å². The summed E-state index contributed by atoms with van der Waals surface area (Å²) in [6.45, 7) is 1.36. The summed E-state index contributed by atoms with van der Waals surface area (Å²) in [6.07, 6.45) is 3.04. The number of alkyl halides is 3. The molecule has 172 valence electrons. The van der Waals surface area contributed by atoms with Gasteiger partial charge in [0.15, 0.2) is 0 Å². The fraction of sp³-hybridized carbons (Fsp3) is 0.160. The molecular formula is C25H20F3N5S. The molecule has 0 bridgehead atoms. The first-order valence-electron chi connectivity index (χ1n) is 10.7. The van der Waals surface area contributed by atoms with Gasteiger partial charge in [-0.25, -0.2) is 9.97 Å². The average molecular weight is 480 g/mol. The molecule has 9 heteroatoms. The highest BCUT2D eigenvalue weighted by molar-refractivity contribution is 8.00. The van der Waals surface area contributed by atoms with Crippen molar-refractivity contribution < 1.29 is 13.2 Å². The van der Waals surface area contributed by atoms with E-state index in [0.717, 1.165) is 33.9 Å². The molecule has 5 rings (SSSR count). The smallest absolute Gasteiger partial charge is 0.313 e. The number of nitrogens with zero attached hydrogens (tertiary/aromatic N) is 3. The van der Waals surface area contributed by atoms with Gasteiger partial charge in [0.2, 0.25) is 0 Å². The second kappa shape index (κ2) is 9.44. The van der Waals surface area contributed by atoms with Crippen LogP contribution in [0.3, 0.4) is 0 Å². The van der Waals surface area contributed by atoms with Gasteiger partial charge in [-0.1, -0.05) is 18.2 Å². The molecule has 3 heterocycles. The normalized spacial score (nSPS) is 14.1. The first-order chi connectivity index (χ1) is 16.5. The van der Waals surface area contributed by atoms with E-state index in [1.165, 1.54) is 24.3 Å². The highest BCUT2D eigenvalue weighted by atomic mass is 32.2. The summed E-state index contributed by atoms with van der Waals surface area (Å²) in [7, 11) is 0. The lowest BCUT2D eigenvalue weighted by atomic mass is 9.90. The molecule has 0 atom stereocenters. The molecule has 0 unspecified atom stereocenters. The fourth-order valence-electron chi connectivity index (χ4n) is 3.96. The van der Waals surface area contributed by atoms with Crippen molar-refractivity contribution in [2.75, 3.05) is 17.8 Å². The number of aromatic nitrogens is 3. The first kappa shape index (κ1) is 22.4. The van der Waals surface area contributed by atoms with Crippen LogP contribution in [0.5, 0.6) is 0 Å². The van der Waals surface area contributed by atoms with Crippen molar-refractivity contribution in [3.05, 3.63) is 84.5 Å². The van der Waals surface area contributed by atoms with E-state index >= 15 is 0 Å². The summed E-state index contributed by atoms with van der Waals surface area (Å²) in [6, 6.07) is 13.5. The van der Waals surface area contributed by atoms with E-state index in [4.69, 9.17) is 0 Å². The van der Waals surface area contributed by atoms with Crippen LogP contribution in [-0.2, 0) is 6.18 Å². The molecule has 5 nitrogen and oxygen atoms in total. The molecular weight excluding hydrogens is 459 g/mol. The number of hydrogen-bond donors (Lipinski definition) is 2. The molecule has 1 aliphatic rings. The van der Waals surface area contributed by atoms with Gasteiger partial charge in [-0.15, -0.1) is 0 Å². The van der Waals surface area contributed by atoms with Gasteiger partial charge in [-0.05, 0) is 77.8 Å². The third-order valence-corrected chi connectivity index (χ3v) is 6.40. The predicted molar refractivity (Wildman–Crippen MR) is 129 cm³/mol. The highest BCUT2D eigenvalue weighted by Crippen LogP contribution is 2.39. The Morgan fingerprint density at radius 2 is 1.85 bits per heavy atom. The second-order valence-corrected chi connectivity index (χ2v) is 8.66. The maximum Gasteiger partial charge on any atom is 0.416 e. The first-order valence-corrected chi connectivity index (χ1v) is 11.5. The van der Waals surface area contributed by atoms with Gasteiger partial charge < -0.3 is 10.0 Å². The SMILES string of the molecule is FC(F)(F)c1ccc(-c2nccc3cc(SNc4ccncn4)ccc23)c(C2=CCNCC2)c1. The van der Waals surface area contributed by atoms with Crippen LogP contribution in [0, 0.1) is 0 Å². The van der Waals surface area contributed by atoms with Gasteiger partial charge in [0.25, 0.3) is 0 Å². The average Bonchev–Trinajstić information content (AvgIpc) is 2.87. The number of anilines is 1. The van der Waals surface area contributed by atoms with Crippen LogP contribution >= 0.6 is 11.9 Å². The van der Waals surface area contributed by atoms with Crippen LogP contribution in [0.4, 0.5) is 19.0 Å². The molecule has 0 spiro atoms. The predicted octanol–water partition coefficient (Wildman–Crippen LogP) is 6.21. The summed E-state index contributed by atoms with van der Waals surface area (Å²) < 4.78 is 43.7. The molecule has 0 radical (unpaired) electrons. The van der Waals surface area contributed by atoms with Gasteiger partial charge in [-0.3, -0.25) is 4.98 Å². The molecule has 2 N–H and O–H groups in total. The van der Waals surface area contributed by atoms with Gasteiger partial charge in [-0.2, -0.15) is 13.2 Å². The molecule has 0 saturated heterocycles. The van der Waals surface area contributed by atoms with E-state index < -0.39 is 11.7 Å². The lowest BCUT2D eigenvalue weighted by Crippen LogP contribution is -2.20. The number of hydrogen-bond acceptors (Lipinski definition) is 6. The van der Waals surface area contributed by atoms with Gasteiger partial charge >= 0.3 is 6.18 Å². The topological polar surface area (TPSA) is 62.7 Å². The molecule has 34 heavy (non-hydrogen) atoms. The third-order valence-electron chi connectivity index (χ3n) is 5.60. The van der Waals surface area contributed by atoms with Crippen LogP contribution in [0.15, 0.2) is 78.2 Å². The van der Waals surface area contributed by atoms with Crippen LogP contribution < -0.4 is 10.0 Å². The minimum atomic E-state index is -4.41. The summed E-state index contributed by atoms with van der Waals surface area (Å²) >= 11 is 1.42. The number of nitrogens with one attached hydrogen (secondary N) is 2. The van der Waals surface area contributed by atoms with Gasteiger partial charge in [0, 0.05) is 34.8 Å². The largest absolute Gasteiger partial charge is 0.416 e. The standard InChI is InChI=1S/C25H20F3N5S/c26-25(27,28)18-1-3-21(22(14-18)16-5-9-29-10-6-16)24-20-4-2-19(13-17(20)7-12-31-24)34-33-23-8-11-30-15-32-23/h1-5,7-8,11-15,29H,6,9-10H2,(H,30,32,33). The molecule has 2 aromatic carbocycles. The summed E-state index contributed by atoms with van der Waals surface area (Å²) in [5.74, 6) is 0.695. The Kier molecular flexibility index (Phi) is 6.21. The maximum atomic E-state index is 13.5. The van der Waals surface area contributed by atoms with E-state index in [2.05, 4.69) is 25.0 Å². The molecule has 0 amide bonds. The minimum Gasteiger partial charge on any atom is -0.313 e. The number of rotatable bonds is 5. The molecule has 4 aromatic rings. The molecule has 0 fully saturated rings. The summed E-state index contributed by atoms with van der Waals surface area (Å²) in [4.78, 5) is 13.6. The Bertz CT molecular complexity index is 1360. The molecule has 0 saturated carbocycles. The van der Waals surface area contributed by atoms with Crippen molar-refractivity contribution in [2.24, 2.45) is 0 Å². The van der Waals surface area contributed by atoms with Crippen LogP contribution in [0.1, 0.15) is 17.5 Å². The van der Waals surface area contributed by atoms with E-state index in [-0.39, 0.29) is 0 Å². The zero-order valence-electron chi connectivity index (χ0n) is 17.9. The summed E-state index contributed by atoms with van der Waals surface area (Å²) in [5.41, 5.74) is 2.20. The Morgan fingerprint density at radius 1 is 0.941 bits per heavy atom. The van der Waals surface area contributed by atoms with Crippen molar-refractivity contribution in [1.82, 2.24) is 20.3 Å². The van der Waals surface area contributed by atoms with Crippen molar-refractivity contribution in [1.29, 1.82) is 0 Å². The van der Waals surface area contributed by atoms with E-state index in [0.29, 0.717) is 35.6 Å². The number of benzene rings is 2. The van der Waals surface area contributed by atoms with Crippen LogP contribution in [0.2, 0.25) is 0 Å². The third kappa shape index (κ3) is 4.76. The monoisotopic (exact) mass is 479 g/mol. The van der Waals surface area contributed by atoms with E-state index in [1.54, 1.807) is 24.5 Å². The second-order valence-electron chi connectivity index (χ2n) is 7.78. The Morgan fingerprint density at radius 3 is 2.62 bits per heavy atom. The van der Waals surface area contributed by atoms with Gasteiger partial charge in [0.05, 0.1) is 11.3 Å². The Labute approximate surface area is 198 Å². The lowest BCUT2D eigenvalue weighted by Gasteiger charge is -2.20. The van der Waals surface area contributed by atoms with Crippen molar-refractivity contribution in [3.8, 4) is 11.3 Å². The number of halogens is 3. The Hall–Kier alpha value is -3.43. The van der Waals surface area contributed by atoms with Crippen molar-refractivity contribution in [2.45, 2.75) is 17.5 Å². The van der Waals surface area contributed by atoms with Gasteiger partial charge in [0.1, 0.15) is 12.1 Å². The zero-order valence-corrected chi connectivity index (χ0v) is 18.7. The summed E-state index contributed by atoms with van der Waals surface area (Å²) in [5, 5.41) is 5.05. The lowest BCUT2D eigenvalue weighted by molar-refractivity contribution is -0.137. The van der Waals surface area contributed by atoms with E-state index in [9.17, 15) is 13.2 Å². The molecule has 1 aliphatic heterocycles. The number of fused-ring (bicyclic) bond motifs is 1. The highest BCUT2D eigenvalue weighted by Gasteiger charge is 2.31. The quantitative estimate of drug-likeness (QED) is 0.332. The van der Waals surface area contributed by atoms with Crippen LogP contribution in [-0.4, -0.2) is 28.0 Å². The zero-order chi connectivity index (χ0) is 23.5. The maximum absolute atomic E-state index is 13.5. The number of pyridine rings is 1. The minimum absolute atomic E-state index is 0.584. The fourth-order valence-corrected chi connectivity index (χ4v) is 4.62. The van der Waals surface area contributed by atoms with Crippen LogP contribution in [0.25, 0.3) is 27.6 Å². The van der Waals surface area contributed by atoms with Crippen molar-refractivity contribution in [3.63, 3.8) is 0 Å². The van der Waals surface area contributed by atoms with Crippen molar-refractivity contribution >= 4 is 34.1 Å². The molecule has 0 aliphatic carbocycles.